The largest absolute Gasteiger partial charge is 0.508 e. The van der Waals surface area contributed by atoms with Crippen molar-refractivity contribution in [1.29, 1.82) is 0 Å². The Bertz CT molecular complexity index is 569. The van der Waals surface area contributed by atoms with Crippen LogP contribution in [0.25, 0.3) is 11.1 Å². The molecule has 0 saturated carbocycles. The van der Waals surface area contributed by atoms with Gasteiger partial charge in [-0.15, -0.1) is 0 Å². The van der Waals surface area contributed by atoms with Crippen molar-refractivity contribution >= 4 is 0 Å². The van der Waals surface area contributed by atoms with Crippen LogP contribution in [0.5, 0.6) is 5.75 Å². The van der Waals surface area contributed by atoms with Crippen molar-refractivity contribution < 1.29 is 16.1 Å². The molecular weight excluding hydrogens is 300 g/mol. The molecule has 0 aromatic heterocycles. The normalized spacial score (nSPS) is 12.5. The molecule has 0 aliphatic heterocycles. The third-order valence-corrected chi connectivity index (χ3v) is 3.94. The first-order valence-corrected chi connectivity index (χ1v) is 7.98. The summed E-state index contributed by atoms with van der Waals surface area (Å²) >= 11 is 0. The van der Waals surface area contributed by atoms with E-state index in [-0.39, 0.29) is 11.0 Å². The number of benzene rings is 2. The van der Waals surface area contributed by atoms with E-state index in [1.54, 1.807) is 17.7 Å². The van der Waals surface area contributed by atoms with E-state index < -0.39 is 0 Å². The van der Waals surface area contributed by atoms with Gasteiger partial charge in [0.15, 0.2) is 0 Å². The average molecular weight is 329 g/mol. The Kier molecular flexibility index (Phi) is 9.70. The Morgan fingerprint density at radius 2 is 1.33 bits per heavy atom. The van der Waals surface area contributed by atoms with Crippen LogP contribution >= 0.6 is 0 Å². The molecule has 0 fully saturated rings. The van der Waals surface area contributed by atoms with Crippen LogP contribution in [-0.2, 0) is 0 Å². The fourth-order valence-corrected chi connectivity index (χ4v) is 2.14. The van der Waals surface area contributed by atoms with Crippen molar-refractivity contribution in [3.8, 4) is 16.9 Å². The summed E-state index contributed by atoms with van der Waals surface area (Å²) in [5.41, 5.74) is 5.12. The zero-order chi connectivity index (χ0) is 15.9. The van der Waals surface area contributed by atoms with E-state index in [0.29, 0.717) is 5.75 Å². The minimum atomic E-state index is 0. The van der Waals surface area contributed by atoms with Gasteiger partial charge < -0.3 is 16.1 Å². The Hall–Kier alpha value is -2.10. The van der Waals surface area contributed by atoms with Crippen LogP contribution in [-0.4, -0.2) is 16.1 Å². The SMILES string of the molecule is CCC(C)CC1=C[CH]1.Cc1ccc(-c2ccc(O)cc2)cc1.O.O. The number of phenolic OH excluding ortho intramolecular Hbond substituents is 1. The molecule has 0 bridgehead atoms. The second kappa shape index (κ2) is 10.6. The molecule has 5 N–H and O–H groups in total. The fourth-order valence-electron chi connectivity index (χ4n) is 2.14. The summed E-state index contributed by atoms with van der Waals surface area (Å²) in [7, 11) is 0. The summed E-state index contributed by atoms with van der Waals surface area (Å²) < 4.78 is 0. The number of aryl methyl sites for hydroxylation is 1. The Labute approximate surface area is 145 Å². The first-order chi connectivity index (χ1) is 10.6. The van der Waals surface area contributed by atoms with Gasteiger partial charge in [0.1, 0.15) is 5.75 Å². The molecule has 0 amide bonds. The maximum absolute atomic E-state index is 9.15. The minimum absolute atomic E-state index is 0. The van der Waals surface area contributed by atoms with Crippen molar-refractivity contribution in [1.82, 2.24) is 0 Å². The Morgan fingerprint density at radius 1 is 0.875 bits per heavy atom. The quantitative estimate of drug-likeness (QED) is 0.892. The van der Waals surface area contributed by atoms with Gasteiger partial charge in [-0.25, -0.2) is 0 Å². The molecule has 0 spiro atoms. The number of hydrogen-bond donors (Lipinski definition) is 1. The van der Waals surface area contributed by atoms with Crippen LogP contribution in [0.1, 0.15) is 32.3 Å². The number of hydrogen-bond acceptors (Lipinski definition) is 1. The number of rotatable bonds is 4. The van der Waals surface area contributed by atoms with E-state index in [0.717, 1.165) is 11.5 Å². The molecule has 3 nitrogen and oxygen atoms in total. The molecule has 3 rings (SSSR count). The standard InChI is InChI=1S/C13H12O.C8H13.2H2O/c1-10-2-4-11(5-3-10)12-6-8-13(14)9-7-12;1-3-7(2)6-8-4-5-8;;/h2-9,14H,1H3;4-5,7H,3,6H2,1-2H3;2*1H2. The van der Waals surface area contributed by atoms with Crippen molar-refractivity contribution in [2.24, 2.45) is 5.92 Å². The predicted octanol–water partition coefficient (Wildman–Crippen LogP) is 4.29. The zero-order valence-electron chi connectivity index (χ0n) is 14.7. The van der Waals surface area contributed by atoms with Gasteiger partial charge in [-0.1, -0.05) is 73.9 Å². The topological polar surface area (TPSA) is 83.2 Å². The van der Waals surface area contributed by atoms with Crippen LogP contribution in [0.3, 0.4) is 0 Å². The first-order valence-electron chi connectivity index (χ1n) is 7.98. The molecule has 3 heteroatoms. The van der Waals surface area contributed by atoms with E-state index in [4.69, 9.17) is 5.11 Å². The van der Waals surface area contributed by atoms with E-state index in [2.05, 4.69) is 57.5 Å². The van der Waals surface area contributed by atoms with Crippen LogP contribution in [0.2, 0.25) is 0 Å². The number of aromatic hydroxyl groups is 1. The fraction of sp³-hybridized carbons (Fsp3) is 0.286. The van der Waals surface area contributed by atoms with Crippen LogP contribution in [0.15, 0.2) is 60.2 Å². The highest BCUT2D eigenvalue weighted by molar-refractivity contribution is 5.64. The summed E-state index contributed by atoms with van der Waals surface area (Å²) in [6.45, 7) is 6.61. The molecule has 1 radical (unpaired) electrons. The lowest BCUT2D eigenvalue weighted by molar-refractivity contribution is 0.475. The summed E-state index contributed by atoms with van der Waals surface area (Å²) in [5, 5.41) is 9.15. The van der Waals surface area contributed by atoms with Gasteiger partial charge in [0.2, 0.25) is 0 Å². The smallest absolute Gasteiger partial charge is 0.115 e. The van der Waals surface area contributed by atoms with Crippen LogP contribution in [0.4, 0.5) is 0 Å². The summed E-state index contributed by atoms with van der Waals surface area (Å²) in [5.74, 6) is 1.20. The van der Waals surface area contributed by atoms with Gasteiger partial charge in [0.25, 0.3) is 0 Å². The molecule has 1 unspecified atom stereocenters. The highest BCUT2D eigenvalue weighted by Crippen LogP contribution is 2.26. The third-order valence-electron chi connectivity index (χ3n) is 3.94. The zero-order valence-corrected chi connectivity index (χ0v) is 14.7. The molecule has 1 aliphatic carbocycles. The van der Waals surface area contributed by atoms with Gasteiger partial charge in [-0.05, 0) is 42.5 Å². The van der Waals surface area contributed by atoms with Gasteiger partial charge >= 0.3 is 0 Å². The summed E-state index contributed by atoms with van der Waals surface area (Å²) in [6.07, 6.45) is 7.01. The van der Waals surface area contributed by atoms with Gasteiger partial charge in [-0.2, -0.15) is 0 Å². The Balaban J connectivity index is 0.000000460. The third kappa shape index (κ3) is 7.44. The second-order valence-electron chi connectivity index (χ2n) is 6.04. The van der Waals surface area contributed by atoms with E-state index in [1.807, 2.05) is 12.1 Å². The molecule has 1 atom stereocenters. The van der Waals surface area contributed by atoms with Gasteiger partial charge in [0.05, 0.1) is 0 Å². The molecule has 1 aliphatic rings. The lowest BCUT2D eigenvalue weighted by Gasteiger charge is -2.02. The molecule has 2 aromatic carbocycles. The van der Waals surface area contributed by atoms with E-state index in [1.165, 1.54) is 24.0 Å². The second-order valence-corrected chi connectivity index (χ2v) is 6.04. The van der Waals surface area contributed by atoms with E-state index >= 15 is 0 Å². The lowest BCUT2D eigenvalue weighted by atomic mass is 10.0. The van der Waals surface area contributed by atoms with Crippen molar-refractivity contribution in [3.05, 3.63) is 72.2 Å². The molecule has 2 aromatic rings. The maximum Gasteiger partial charge on any atom is 0.115 e. The van der Waals surface area contributed by atoms with Gasteiger partial charge in [0, 0.05) is 6.42 Å². The highest BCUT2D eigenvalue weighted by Gasteiger charge is 2.10. The van der Waals surface area contributed by atoms with Crippen LogP contribution < -0.4 is 0 Å². The number of phenols is 1. The van der Waals surface area contributed by atoms with E-state index in [9.17, 15) is 0 Å². The first kappa shape index (κ1) is 21.9. The predicted molar refractivity (Wildman–Crippen MR) is 102 cm³/mol. The highest BCUT2D eigenvalue weighted by atomic mass is 16.3. The molecule has 131 valence electrons. The summed E-state index contributed by atoms with van der Waals surface area (Å²) in [6, 6.07) is 15.6. The average Bonchev–Trinajstić information content (AvgIpc) is 3.33. The monoisotopic (exact) mass is 329 g/mol. The van der Waals surface area contributed by atoms with Gasteiger partial charge in [-0.3, -0.25) is 0 Å². The van der Waals surface area contributed by atoms with Crippen molar-refractivity contribution in [2.45, 2.75) is 33.6 Å². The van der Waals surface area contributed by atoms with Crippen molar-refractivity contribution in [3.63, 3.8) is 0 Å². The molecule has 0 saturated heterocycles. The maximum atomic E-state index is 9.15. The Morgan fingerprint density at radius 3 is 1.75 bits per heavy atom. The molecular formula is C21H29O3. The van der Waals surface area contributed by atoms with Crippen LogP contribution in [0, 0.1) is 19.3 Å². The molecule has 24 heavy (non-hydrogen) atoms. The number of allylic oxidation sites excluding steroid dienone is 2. The van der Waals surface area contributed by atoms with Crippen molar-refractivity contribution in [2.75, 3.05) is 0 Å². The minimum Gasteiger partial charge on any atom is -0.508 e. The lowest BCUT2D eigenvalue weighted by Crippen LogP contribution is -1.88. The molecule has 0 heterocycles. The summed E-state index contributed by atoms with van der Waals surface area (Å²) in [4.78, 5) is 0.